The second-order valence-corrected chi connectivity index (χ2v) is 3.53. The molecule has 3 heteroatoms. The Bertz CT molecular complexity index is 336. The van der Waals surface area contributed by atoms with Crippen LogP contribution in [0.3, 0.4) is 0 Å². The molecule has 1 aliphatic carbocycles. The normalized spacial score (nSPS) is 20.8. The second kappa shape index (κ2) is 3.24. The number of aldehydes is 1. The van der Waals surface area contributed by atoms with Gasteiger partial charge in [-0.25, -0.2) is 9.97 Å². The van der Waals surface area contributed by atoms with Gasteiger partial charge in [0.25, 0.3) is 0 Å². The largest absolute Gasteiger partial charge is 0.303 e. The molecule has 0 aliphatic heterocycles. The van der Waals surface area contributed by atoms with E-state index >= 15 is 0 Å². The molecule has 0 amide bonds. The molecule has 0 spiro atoms. The molecule has 0 saturated heterocycles. The van der Waals surface area contributed by atoms with Crippen LogP contribution in [0.25, 0.3) is 0 Å². The standard InChI is InChI=1S/C10H12N2O/c1-7-11-5-9-4-8(6-13)2-3-10(9)12-7/h5-6,8H,2-4H2,1H3/t8-/m0/s1. The monoisotopic (exact) mass is 176 g/mol. The summed E-state index contributed by atoms with van der Waals surface area (Å²) in [6, 6.07) is 0. The predicted molar refractivity (Wildman–Crippen MR) is 48.3 cm³/mol. The summed E-state index contributed by atoms with van der Waals surface area (Å²) in [6.45, 7) is 1.89. The van der Waals surface area contributed by atoms with Crippen molar-refractivity contribution in [2.75, 3.05) is 0 Å². The van der Waals surface area contributed by atoms with Gasteiger partial charge in [-0.2, -0.15) is 0 Å². The minimum atomic E-state index is 0.179. The Labute approximate surface area is 77.2 Å². The summed E-state index contributed by atoms with van der Waals surface area (Å²) in [6.07, 6.45) is 5.57. The van der Waals surface area contributed by atoms with Crippen LogP contribution in [0.4, 0.5) is 0 Å². The molecule has 0 N–H and O–H groups in total. The van der Waals surface area contributed by atoms with Crippen LogP contribution in [-0.2, 0) is 17.6 Å². The summed E-state index contributed by atoms with van der Waals surface area (Å²) in [5.74, 6) is 1.00. The maximum Gasteiger partial charge on any atom is 0.125 e. The number of nitrogens with zero attached hydrogens (tertiary/aromatic N) is 2. The summed E-state index contributed by atoms with van der Waals surface area (Å²) < 4.78 is 0. The van der Waals surface area contributed by atoms with E-state index in [1.165, 1.54) is 0 Å². The van der Waals surface area contributed by atoms with Crippen LogP contribution in [0.2, 0.25) is 0 Å². The molecular weight excluding hydrogens is 164 g/mol. The predicted octanol–water partition coefficient (Wildman–Crippen LogP) is 1.09. The second-order valence-electron chi connectivity index (χ2n) is 3.53. The van der Waals surface area contributed by atoms with Gasteiger partial charge in [-0.05, 0) is 31.7 Å². The van der Waals surface area contributed by atoms with Crippen LogP contribution in [0.1, 0.15) is 23.5 Å². The molecular formula is C10H12N2O. The van der Waals surface area contributed by atoms with E-state index in [0.29, 0.717) is 0 Å². The van der Waals surface area contributed by atoms with Crippen molar-refractivity contribution in [3.8, 4) is 0 Å². The Morgan fingerprint density at radius 3 is 3.23 bits per heavy atom. The van der Waals surface area contributed by atoms with Crippen molar-refractivity contribution in [2.24, 2.45) is 5.92 Å². The van der Waals surface area contributed by atoms with Crippen LogP contribution in [-0.4, -0.2) is 16.3 Å². The fraction of sp³-hybridized carbons (Fsp3) is 0.500. The van der Waals surface area contributed by atoms with Crippen LogP contribution in [0.5, 0.6) is 0 Å². The maximum absolute atomic E-state index is 10.6. The summed E-state index contributed by atoms with van der Waals surface area (Å²) >= 11 is 0. The molecule has 1 aliphatic rings. The molecule has 3 nitrogen and oxygen atoms in total. The number of aryl methyl sites for hydroxylation is 2. The minimum absolute atomic E-state index is 0.179. The zero-order chi connectivity index (χ0) is 9.26. The van der Waals surface area contributed by atoms with Crippen LogP contribution in [0.15, 0.2) is 6.20 Å². The van der Waals surface area contributed by atoms with Crippen molar-refractivity contribution in [2.45, 2.75) is 26.2 Å². The topological polar surface area (TPSA) is 42.9 Å². The van der Waals surface area contributed by atoms with Gasteiger partial charge in [0.05, 0.1) is 0 Å². The van der Waals surface area contributed by atoms with Crippen molar-refractivity contribution in [3.05, 3.63) is 23.3 Å². The number of carbonyl (C=O) groups is 1. The molecule has 68 valence electrons. The van der Waals surface area contributed by atoms with Gasteiger partial charge in [0.1, 0.15) is 12.1 Å². The van der Waals surface area contributed by atoms with Crippen molar-refractivity contribution in [1.29, 1.82) is 0 Å². The Morgan fingerprint density at radius 1 is 1.62 bits per heavy atom. The van der Waals surface area contributed by atoms with Crippen molar-refractivity contribution >= 4 is 6.29 Å². The van der Waals surface area contributed by atoms with Crippen LogP contribution < -0.4 is 0 Å². The smallest absolute Gasteiger partial charge is 0.125 e. The van der Waals surface area contributed by atoms with Gasteiger partial charge in [-0.3, -0.25) is 0 Å². The van der Waals surface area contributed by atoms with E-state index in [4.69, 9.17) is 0 Å². The third-order valence-electron chi connectivity index (χ3n) is 2.50. The first-order chi connectivity index (χ1) is 6.29. The lowest BCUT2D eigenvalue weighted by molar-refractivity contribution is -0.111. The van der Waals surface area contributed by atoms with Crippen molar-refractivity contribution < 1.29 is 4.79 Å². The Morgan fingerprint density at radius 2 is 2.46 bits per heavy atom. The number of carbonyl (C=O) groups excluding carboxylic acids is 1. The summed E-state index contributed by atoms with van der Waals surface area (Å²) in [5.41, 5.74) is 2.28. The third kappa shape index (κ3) is 1.59. The van der Waals surface area contributed by atoms with Crippen LogP contribution in [0, 0.1) is 12.8 Å². The molecule has 0 aromatic carbocycles. The summed E-state index contributed by atoms with van der Waals surface area (Å²) in [5, 5.41) is 0. The highest BCUT2D eigenvalue weighted by Crippen LogP contribution is 2.21. The molecule has 1 atom stereocenters. The first kappa shape index (κ1) is 8.35. The number of rotatable bonds is 1. The van der Waals surface area contributed by atoms with E-state index in [1.807, 2.05) is 13.1 Å². The molecule has 1 aromatic rings. The molecule has 0 bridgehead atoms. The first-order valence-electron chi connectivity index (χ1n) is 4.56. The van der Waals surface area contributed by atoms with Gasteiger partial charge in [0.2, 0.25) is 0 Å². The van der Waals surface area contributed by atoms with E-state index in [2.05, 4.69) is 9.97 Å². The molecule has 0 unspecified atom stereocenters. The molecule has 1 aromatic heterocycles. The fourth-order valence-electron chi connectivity index (χ4n) is 1.75. The lowest BCUT2D eigenvalue weighted by Crippen LogP contribution is -2.17. The Hall–Kier alpha value is -1.25. The number of aromatic nitrogens is 2. The number of fused-ring (bicyclic) bond motifs is 1. The molecule has 0 saturated carbocycles. The highest BCUT2D eigenvalue weighted by atomic mass is 16.1. The lowest BCUT2D eigenvalue weighted by atomic mass is 9.88. The van der Waals surface area contributed by atoms with E-state index in [-0.39, 0.29) is 5.92 Å². The average molecular weight is 176 g/mol. The van der Waals surface area contributed by atoms with Crippen LogP contribution >= 0.6 is 0 Å². The molecule has 13 heavy (non-hydrogen) atoms. The first-order valence-corrected chi connectivity index (χ1v) is 4.56. The van der Waals surface area contributed by atoms with E-state index in [0.717, 1.165) is 42.6 Å². The molecule has 1 heterocycles. The van der Waals surface area contributed by atoms with E-state index in [1.54, 1.807) is 0 Å². The maximum atomic E-state index is 10.6. The SMILES string of the molecule is Cc1ncc2c(n1)CC[C@H](C=O)C2. The summed E-state index contributed by atoms with van der Waals surface area (Å²) in [4.78, 5) is 19.1. The highest BCUT2D eigenvalue weighted by molar-refractivity contribution is 5.55. The van der Waals surface area contributed by atoms with E-state index in [9.17, 15) is 4.79 Å². The number of hydrogen-bond acceptors (Lipinski definition) is 3. The highest BCUT2D eigenvalue weighted by Gasteiger charge is 2.19. The van der Waals surface area contributed by atoms with Gasteiger partial charge in [0.15, 0.2) is 0 Å². The average Bonchev–Trinajstić information content (AvgIpc) is 2.17. The number of hydrogen-bond donors (Lipinski definition) is 0. The third-order valence-corrected chi connectivity index (χ3v) is 2.50. The molecule has 2 rings (SSSR count). The van der Waals surface area contributed by atoms with Crippen molar-refractivity contribution in [1.82, 2.24) is 9.97 Å². The molecule has 0 fully saturated rings. The lowest BCUT2D eigenvalue weighted by Gasteiger charge is -2.18. The zero-order valence-corrected chi connectivity index (χ0v) is 7.66. The van der Waals surface area contributed by atoms with Gasteiger partial charge >= 0.3 is 0 Å². The zero-order valence-electron chi connectivity index (χ0n) is 7.66. The van der Waals surface area contributed by atoms with Gasteiger partial charge in [-0.15, -0.1) is 0 Å². The minimum Gasteiger partial charge on any atom is -0.303 e. The van der Waals surface area contributed by atoms with Gasteiger partial charge < -0.3 is 4.79 Å². The fourth-order valence-corrected chi connectivity index (χ4v) is 1.75. The van der Waals surface area contributed by atoms with Gasteiger partial charge in [0, 0.05) is 17.8 Å². The van der Waals surface area contributed by atoms with Crippen molar-refractivity contribution in [3.63, 3.8) is 0 Å². The summed E-state index contributed by atoms with van der Waals surface area (Å²) in [7, 11) is 0. The van der Waals surface area contributed by atoms with Gasteiger partial charge in [-0.1, -0.05) is 0 Å². The molecule has 0 radical (unpaired) electrons. The Balaban J connectivity index is 2.31. The quantitative estimate of drug-likeness (QED) is 0.601. The Kier molecular flexibility index (Phi) is 2.08. The van der Waals surface area contributed by atoms with E-state index < -0.39 is 0 Å².